The zero-order valence-corrected chi connectivity index (χ0v) is 12.7. The summed E-state index contributed by atoms with van der Waals surface area (Å²) in [5.74, 6) is 1.71. The molecule has 1 N–H and O–H groups in total. The van der Waals surface area contributed by atoms with Crippen LogP contribution >= 0.6 is 0 Å². The van der Waals surface area contributed by atoms with Gasteiger partial charge >= 0.3 is 0 Å². The summed E-state index contributed by atoms with van der Waals surface area (Å²) in [6.07, 6.45) is 1.13. The molecule has 1 rings (SSSR count). The lowest BCUT2D eigenvalue weighted by molar-refractivity contribution is 0.251. The number of nitrogens with zero attached hydrogens (tertiary/aromatic N) is 1. The summed E-state index contributed by atoms with van der Waals surface area (Å²) in [5.41, 5.74) is 1.19. The van der Waals surface area contributed by atoms with E-state index >= 15 is 0 Å². The van der Waals surface area contributed by atoms with E-state index in [9.17, 15) is 0 Å². The number of methoxy groups -OCH3 is 2. The molecule has 0 heterocycles. The van der Waals surface area contributed by atoms with Gasteiger partial charge in [0, 0.05) is 17.7 Å². The molecule has 19 heavy (non-hydrogen) atoms. The second-order valence-electron chi connectivity index (χ2n) is 4.72. The van der Waals surface area contributed by atoms with E-state index in [1.807, 2.05) is 19.2 Å². The fourth-order valence-corrected chi connectivity index (χ4v) is 2.10. The van der Waals surface area contributed by atoms with Gasteiger partial charge in [-0.25, -0.2) is 0 Å². The number of ether oxygens (including phenoxy) is 2. The van der Waals surface area contributed by atoms with E-state index in [1.54, 1.807) is 14.2 Å². The molecule has 0 aliphatic heterocycles. The molecule has 0 amide bonds. The van der Waals surface area contributed by atoms with E-state index in [2.05, 4.69) is 30.3 Å². The summed E-state index contributed by atoms with van der Waals surface area (Å²) < 4.78 is 10.7. The molecule has 0 aliphatic carbocycles. The lowest BCUT2D eigenvalue weighted by Crippen LogP contribution is -2.26. The molecule has 0 saturated heterocycles. The molecule has 1 atom stereocenters. The van der Waals surface area contributed by atoms with Crippen molar-refractivity contribution in [3.05, 3.63) is 23.8 Å². The summed E-state index contributed by atoms with van der Waals surface area (Å²) in [4.78, 5) is 2.33. The summed E-state index contributed by atoms with van der Waals surface area (Å²) in [6.45, 7) is 4.29. The standard InChI is InChI=1S/C15H26N2O2/c1-12(17(3)10-6-9-16-2)14-8-7-13(18-4)11-15(14)19-5/h7-8,11-12,16H,6,9-10H2,1-5H3. The van der Waals surface area contributed by atoms with Crippen molar-refractivity contribution in [3.63, 3.8) is 0 Å². The SMILES string of the molecule is CNCCCN(C)C(C)c1ccc(OC)cc1OC. The van der Waals surface area contributed by atoms with Crippen LogP contribution in [-0.2, 0) is 0 Å². The third-order valence-corrected chi connectivity index (χ3v) is 3.49. The maximum Gasteiger partial charge on any atom is 0.127 e. The van der Waals surface area contributed by atoms with Gasteiger partial charge in [0.2, 0.25) is 0 Å². The van der Waals surface area contributed by atoms with Crippen LogP contribution in [0.2, 0.25) is 0 Å². The van der Waals surface area contributed by atoms with Gasteiger partial charge in [-0.05, 0) is 46.6 Å². The van der Waals surface area contributed by atoms with Crippen molar-refractivity contribution >= 4 is 0 Å². The van der Waals surface area contributed by atoms with Gasteiger partial charge in [-0.15, -0.1) is 0 Å². The van der Waals surface area contributed by atoms with E-state index in [0.717, 1.165) is 31.0 Å². The first-order valence-electron chi connectivity index (χ1n) is 6.70. The minimum absolute atomic E-state index is 0.317. The molecule has 0 bridgehead atoms. The largest absolute Gasteiger partial charge is 0.497 e. The van der Waals surface area contributed by atoms with Gasteiger partial charge in [0.15, 0.2) is 0 Å². The molecular formula is C15H26N2O2. The van der Waals surface area contributed by atoms with Gasteiger partial charge in [-0.2, -0.15) is 0 Å². The molecular weight excluding hydrogens is 240 g/mol. The average molecular weight is 266 g/mol. The minimum Gasteiger partial charge on any atom is -0.497 e. The van der Waals surface area contributed by atoms with Gasteiger partial charge in [-0.1, -0.05) is 6.07 Å². The van der Waals surface area contributed by atoms with Crippen molar-refractivity contribution in [2.75, 3.05) is 41.4 Å². The second kappa shape index (κ2) is 8.02. The highest BCUT2D eigenvalue weighted by Gasteiger charge is 2.16. The van der Waals surface area contributed by atoms with Gasteiger partial charge in [0.05, 0.1) is 14.2 Å². The fraction of sp³-hybridized carbons (Fsp3) is 0.600. The van der Waals surface area contributed by atoms with E-state index in [-0.39, 0.29) is 0 Å². The maximum atomic E-state index is 5.47. The Bertz CT molecular complexity index is 382. The molecule has 1 aromatic carbocycles. The van der Waals surface area contributed by atoms with Crippen LogP contribution in [0, 0.1) is 0 Å². The zero-order chi connectivity index (χ0) is 14.3. The van der Waals surface area contributed by atoms with Crippen LogP contribution in [0.3, 0.4) is 0 Å². The van der Waals surface area contributed by atoms with Crippen LogP contribution in [0.25, 0.3) is 0 Å². The van der Waals surface area contributed by atoms with Crippen molar-refractivity contribution in [2.45, 2.75) is 19.4 Å². The average Bonchev–Trinajstić information content (AvgIpc) is 2.45. The van der Waals surface area contributed by atoms with Crippen LogP contribution in [0.5, 0.6) is 11.5 Å². The first-order chi connectivity index (χ1) is 9.13. The molecule has 0 aromatic heterocycles. The lowest BCUT2D eigenvalue weighted by Gasteiger charge is -2.26. The van der Waals surface area contributed by atoms with Gasteiger partial charge in [0.1, 0.15) is 11.5 Å². The van der Waals surface area contributed by atoms with E-state index < -0.39 is 0 Å². The van der Waals surface area contributed by atoms with Crippen LogP contribution in [0.1, 0.15) is 24.9 Å². The van der Waals surface area contributed by atoms with E-state index in [1.165, 1.54) is 5.56 Å². The third-order valence-electron chi connectivity index (χ3n) is 3.49. The molecule has 1 unspecified atom stereocenters. The number of rotatable bonds is 8. The highest BCUT2D eigenvalue weighted by molar-refractivity contribution is 5.42. The highest BCUT2D eigenvalue weighted by atomic mass is 16.5. The number of benzene rings is 1. The Labute approximate surface area is 116 Å². The Balaban J connectivity index is 2.77. The number of nitrogens with one attached hydrogen (secondary N) is 1. The smallest absolute Gasteiger partial charge is 0.127 e. The van der Waals surface area contributed by atoms with Crippen molar-refractivity contribution in [3.8, 4) is 11.5 Å². The molecule has 1 aromatic rings. The number of hydrogen-bond donors (Lipinski definition) is 1. The predicted molar refractivity (Wildman–Crippen MR) is 79.1 cm³/mol. The summed E-state index contributed by atoms with van der Waals surface area (Å²) >= 11 is 0. The molecule has 4 nitrogen and oxygen atoms in total. The van der Waals surface area contributed by atoms with E-state index in [4.69, 9.17) is 9.47 Å². The van der Waals surface area contributed by atoms with Crippen LogP contribution in [0.15, 0.2) is 18.2 Å². The monoisotopic (exact) mass is 266 g/mol. The maximum absolute atomic E-state index is 5.47. The first-order valence-corrected chi connectivity index (χ1v) is 6.70. The van der Waals surface area contributed by atoms with Crippen molar-refractivity contribution in [1.29, 1.82) is 0 Å². The molecule has 0 spiro atoms. The Morgan fingerprint density at radius 3 is 2.58 bits per heavy atom. The van der Waals surface area contributed by atoms with Gasteiger partial charge in [0.25, 0.3) is 0 Å². The minimum atomic E-state index is 0.317. The van der Waals surface area contributed by atoms with Gasteiger partial charge in [-0.3, -0.25) is 4.90 Å². The van der Waals surface area contributed by atoms with Gasteiger partial charge < -0.3 is 14.8 Å². The van der Waals surface area contributed by atoms with Crippen molar-refractivity contribution < 1.29 is 9.47 Å². The molecule has 0 saturated carbocycles. The lowest BCUT2D eigenvalue weighted by atomic mass is 10.1. The molecule has 0 radical (unpaired) electrons. The molecule has 108 valence electrons. The molecule has 0 aliphatic rings. The fourth-order valence-electron chi connectivity index (χ4n) is 2.10. The summed E-state index contributed by atoms with van der Waals surface area (Å²) in [6, 6.07) is 6.32. The third kappa shape index (κ3) is 4.40. The topological polar surface area (TPSA) is 33.7 Å². The quantitative estimate of drug-likeness (QED) is 0.732. The van der Waals surface area contributed by atoms with Crippen molar-refractivity contribution in [2.24, 2.45) is 0 Å². The first kappa shape index (κ1) is 15.8. The second-order valence-corrected chi connectivity index (χ2v) is 4.72. The van der Waals surface area contributed by atoms with Crippen LogP contribution in [0.4, 0.5) is 0 Å². The Hall–Kier alpha value is -1.26. The molecule has 0 fully saturated rings. The Morgan fingerprint density at radius 1 is 1.26 bits per heavy atom. The normalized spacial score (nSPS) is 12.5. The molecule has 4 heteroatoms. The number of hydrogen-bond acceptors (Lipinski definition) is 4. The van der Waals surface area contributed by atoms with E-state index in [0.29, 0.717) is 6.04 Å². The van der Waals surface area contributed by atoms with Crippen LogP contribution < -0.4 is 14.8 Å². The van der Waals surface area contributed by atoms with Crippen molar-refractivity contribution in [1.82, 2.24) is 10.2 Å². The summed E-state index contributed by atoms with van der Waals surface area (Å²) in [5, 5.41) is 3.17. The Kier molecular flexibility index (Phi) is 6.67. The highest BCUT2D eigenvalue weighted by Crippen LogP contribution is 2.31. The predicted octanol–water partition coefficient (Wildman–Crippen LogP) is 2.31. The Morgan fingerprint density at radius 2 is 2.00 bits per heavy atom. The zero-order valence-electron chi connectivity index (χ0n) is 12.7. The summed E-state index contributed by atoms with van der Waals surface area (Å²) in [7, 11) is 7.49. The van der Waals surface area contributed by atoms with Crippen LogP contribution in [-0.4, -0.2) is 46.3 Å².